The van der Waals surface area contributed by atoms with Gasteiger partial charge in [0.25, 0.3) is 5.91 Å². The third-order valence-electron chi connectivity index (χ3n) is 4.53. The van der Waals surface area contributed by atoms with Crippen LogP contribution in [0.3, 0.4) is 0 Å². The molecule has 1 amide bonds. The van der Waals surface area contributed by atoms with E-state index in [-0.39, 0.29) is 5.91 Å². The molecule has 0 fully saturated rings. The third-order valence-corrected chi connectivity index (χ3v) is 6.87. The van der Waals surface area contributed by atoms with Crippen molar-refractivity contribution in [1.29, 1.82) is 0 Å². The van der Waals surface area contributed by atoms with Crippen LogP contribution in [0, 0.1) is 6.92 Å². The number of amides is 1. The van der Waals surface area contributed by atoms with Gasteiger partial charge in [0.1, 0.15) is 5.01 Å². The molecule has 0 aliphatic carbocycles. The molecular weight excluding hydrogens is 396 g/mol. The number of nitrogens with one attached hydrogen (secondary N) is 1. The quantitative estimate of drug-likeness (QED) is 0.342. The molecule has 29 heavy (non-hydrogen) atoms. The number of hydrogen-bond donors (Lipinski definition) is 1. The normalized spacial score (nSPS) is 11.0. The molecule has 1 aromatic heterocycles. The standard InChI is InChI=1S/C24H22N2OS2/c1-3-14-28-21-7-5-4-6-19(21)23(27)25-18-11-9-17(10-12-18)24-26-20-13-8-16(2)15-22(20)29-24/h4-13,15H,3,14H2,1-2H3,(H,25,27). The van der Waals surface area contributed by atoms with Gasteiger partial charge in [-0.25, -0.2) is 4.98 Å². The molecule has 1 N–H and O–H groups in total. The molecule has 0 saturated heterocycles. The summed E-state index contributed by atoms with van der Waals surface area (Å²) in [4.78, 5) is 18.5. The summed E-state index contributed by atoms with van der Waals surface area (Å²) in [6, 6.07) is 22.0. The van der Waals surface area contributed by atoms with Gasteiger partial charge in [0.05, 0.1) is 15.8 Å². The van der Waals surface area contributed by atoms with Crippen molar-refractivity contribution in [1.82, 2.24) is 4.98 Å². The van der Waals surface area contributed by atoms with Gasteiger partial charge in [0.15, 0.2) is 0 Å². The first-order chi connectivity index (χ1) is 14.1. The van der Waals surface area contributed by atoms with Crippen molar-refractivity contribution in [2.75, 3.05) is 11.1 Å². The first-order valence-electron chi connectivity index (χ1n) is 9.65. The van der Waals surface area contributed by atoms with Gasteiger partial charge in [-0.05, 0) is 73.2 Å². The number of thiazole rings is 1. The van der Waals surface area contributed by atoms with Crippen LogP contribution in [0.25, 0.3) is 20.8 Å². The summed E-state index contributed by atoms with van der Waals surface area (Å²) in [7, 11) is 0. The van der Waals surface area contributed by atoms with E-state index in [0.29, 0.717) is 0 Å². The number of hydrogen-bond acceptors (Lipinski definition) is 4. The van der Waals surface area contributed by atoms with Crippen LogP contribution in [-0.2, 0) is 0 Å². The second kappa shape index (κ2) is 8.80. The van der Waals surface area contributed by atoms with Crippen molar-refractivity contribution in [3.8, 4) is 10.6 Å². The molecule has 4 rings (SSSR count). The number of thioether (sulfide) groups is 1. The predicted octanol–water partition coefficient (Wildman–Crippen LogP) is 7.03. The fourth-order valence-corrected chi connectivity index (χ4v) is 5.03. The highest BCUT2D eigenvalue weighted by molar-refractivity contribution is 7.99. The zero-order chi connectivity index (χ0) is 20.2. The van der Waals surface area contributed by atoms with Crippen molar-refractivity contribution in [3.05, 3.63) is 77.9 Å². The second-order valence-electron chi connectivity index (χ2n) is 6.87. The maximum absolute atomic E-state index is 12.8. The van der Waals surface area contributed by atoms with Crippen molar-refractivity contribution in [2.45, 2.75) is 25.2 Å². The number of carbonyl (C=O) groups excluding carboxylic acids is 1. The van der Waals surface area contributed by atoms with Gasteiger partial charge in [-0.3, -0.25) is 4.79 Å². The lowest BCUT2D eigenvalue weighted by molar-refractivity contribution is 0.102. The maximum atomic E-state index is 12.8. The van der Waals surface area contributed by atoms with E-state index in [2.05, 4.69) is 37.4 Å². The van der Waals surface area contributed by atoms with E-state index >= 15 is 0 Å². The van der Waals surface area contributed by atoms with Gasteiger partial charge in [0, 0.05) is 16.1 Å². The van der Waals surface area contributed by atoms with E-state index in [1.165, 1.54) is 10.3 Å². The molecule has 0 radical (unpaired) electrons. The van der Waals surface area contributed by atoms with E-state index in [0.717, 1.165) is 44.4 Å². The Morgan fingerprint density at radius 2 is 1.86 bits per heavy atom. The first kappa shape index (κ1) is 19.7. The lowest BCUT2D eigenvalue weighted by Gasteiger charge is -2.10. The maximum Gasteiger partial charge on any atom is 0.256 e. The number of aromatic nitrogens is 1. The van der Waals surface area contributed by atoms with Gasteiger partial charge in [-0.15, -0.1) is 23.1 Å². The lowest BCUT2D eigenvalue weighted by atomic mass is 10.2. The number of aryl methyl sites for hydroxylation is 1. The van der Waals surface area contributed by atoms with Gasteiger partial charge >= 0.3 is 0 Å². The van der Waals surface area contributed by atoms with Crippen LogP contribution in [0.1, 0.15) is 29.3 Å². The number of anilines is 1. The predicted molar refractivity (Wildman–Crippen MR) is 125 cm³/mol. The molecule has 3 aromatic carbocycles. The average Bonchev–Trinajstić information content (AvgIpc) is 3.16. The Bertz CT molecular complexity index is 1150. The molecule has 3 nitrogen and oxygen atoms in total. The van der Waals surface area contributed by atoms with E-state index in [1.54, 1.807) is 23.1 Å². The average molecular weight is 419 g/mol. The Kier molecular flexibility index (Phi) is 5.97. The van der Waals surface area contributed by atoms with Gasteiger partial charge in [-0.2, -0.15) is 0 Å². The summed E-state index contributed by atoms with van der Waals surface area (Å²) in [6.07, 6.45) is 1.08. The summed E-state index contributed by atoms with van der Waals surface area (Å²) < 4.78 is 1.19. The van der Waals surface area contributed by atoms with Crippen LogP contribution in [-0.4, -0.2) is 16.6 Å². The minimum absolute atomic E-state index is 0.0765. The SMILES string of the molecule is CCCSc1ccccc1C(=O)Nc1ccc(-c2nc3ccc(C)cc3s2)cc1. The van der Waals surface area contributed by atoms with Crippen molar-refractivity contribution in [3.63, 3.8) is 0 Å². The minimum atomic E-state index is -0.0765. The van der Waals surface area contributed by atoms with Crippen LogP contribution in [0.4, 0.5) is 5.69 Å². The molecule has 0 unspecified atom stereocenters. The Morgan fingerprint density at radius 1 is 1.07 bits per heavy atom. The van der Waals surface area contributed by atoms with Crippen molar-refractivity contribution < 1.29 is 4.79 Å². The number of carbonyl (C=O) groups is 1. The van der Waals surface area contributed by atoms with Crippen molar-refractivity contribution in [2.24, 2.45) is 0 Å². The Balaban J connectivity index is 1.51. The fraction of sp³-hybridized carbons (Fsp3) is 0.167. The minimum Gasteiger partial charge on any atom is -0.322 e. The highest BCUT2D eigenvalue weighted by atomic mass is 32.2. The van der Waals surface area contributed by atoms with Gasteiger partial charge in [-0.1, -0.05) is 25.1 Å². The molecule has 1 heterocycles. The lowest BCUT2D eigenvalue weighted by Crippen LogP contribution is -2.12. The number of rotatable bonds is 6. The van der Waals surface area contributed by atoms with Gasteiger partial charge in [0.2, 0.25) is 0 Å². The Hall–Kier alpha value is -2.63. The molecule has 0 aliphatic rings. The molecule has 0 atom stereocenters. The van der Waals surface area contributed by atoms with Crippen molar-refractivity contribution >= 4 is 44.9 Å². The first-order valence-corrected chi connectivity index (χ1v) is 11.4. The van der Waals surface area contributed by atoms with Crippen LogP contribution in [0.15, 0.2) is 71.6 Å². The summed E-state index contributed by atoms with van der Waals surface area (Å²) in [5.41, 5.74) is 4.82. The summed E-state index contributed by atoms with van der Waals surface area (Å²) in [6.45, 7) is 4.24. The smallest absolute Gasteiger partial charge is 0.256 e. The van der Waals surface area contributed by atoms with E-state index in [1.807, 2.05) is 48.5 Å². The molecule has 4 aromatic rings. The molecule has 0 bridgehead atoms. The third kappa shape index (κ3) is 4.52. The molecular formula is C24H22N2OS2. The summed E-state index contributed by atoms with van der Waals surface area (Å²) >= 11 is 3.41. The molecule has 146 valence electrons. The highest BCUT2D eigenvalue weighted by Crippen LogP contribution is 2.31. The van der Waals surface area contributed by atoms with E-state index < -0.39 is 0 Å². The molecule has 0 spiro atoms. The zero-order valence-electron chi connectivity index (χ0n) is 16.4. The van der Waals surface area contributed by atoms with Crippen LogP contribution >= 0.6 is 23.1 Å². The Morgan fingerprint density at radius 3 is 2.66 bits per heavy atom. The number of nitrogens with zero attached hydrogens (tertiary/aromatic N) is 1. The zero-order valence-corrected chi connectivity index (χ0v) is 18.1. The topological polar surface area (TPSA) is 42.0 Å². The van der Waals surface area contributed by atoms with Crippen LogP contribution in [0.2, 0.25) is 0 Å². The number of fused-ring (bicyclic) bond motifs is 1. The van der Waals surface area contributed by atoms with E-state index in [9.17, 15) is 4.79 Å². The molecule has 5 heteroatoms. The largest absolute Gasteiger partial charge is 0.322 e. The van der Waals surface area contributed by atoms with E-state index in [4.69, 9.17) is 4.98 Å². The monoisotopic (exact) mass is 418 g/mol. The van der Waals surface area contributed by atoms with Crippen LogP contribution in [0.5, 0.6) is 0 Å². The van der Waals surface area contributed by atoms with Crippen LogP contribution < -0.4 is 5.32 Å². The Labute approximate surface area is 179 Å². The molecule has 0 aliphatic heterocycles. The highest BCUT2D eigenvalue weighted by Gasteiger charge is 2.12. The number of benzene rings is 3. The summed E-state index contributed by atoms with van der Waals surface area (Å²) in [5, 5.41) is 4.01. The molecule has 0 saturated carbocycles. The fourth-order valence-electron chi connectivity index (χ4n) is 3.04. The van der Waals surface area contributed by atoms with Gasteiger partial charge < -0.3 is 5.32 Å². The summed E-state index contributed by atoms with van der Waals surface area (Å²) in [5.74, 6) is 0.924. The second-order valence-corrected chi connectivity index (χ2v) is 9.03.